The number of esters is 1. The average molecular weight is 665 g/mol. The molecular formula is C28H42BrNO8S2. The van der Waals surface area contributed by atoms with Gasteiger partial charge in [-0.05, 0) is 79.9 Å². The van der Waals surface area contributed by atoms with Crippen molar-refractivity contribution in [3.8, 4) is 0 Å². The number of aliphatic hydroxyl groups excluding tert-OH is 3. The van der Waals surface area contributed by atoms with Crippen molar-refractivity contribution in [3.63, 3.8) is 0 Å². The van der Waals surface area contributed by atoms with Crippen molar-refractivity contribution in [2.45, 2.75) is 77.1 Å². The van der Waals surface area contributed by atoms with Gasteiger partial charge in [-0.25, -0.2) is 12.7 Å². The van der Waals surface area contributed by atoms with E-state index in [1.807, 2.05) is 30.4 Å². The van der Waals surface area contributed by atoms with Gasteiger partial charge < -0.3 is 20.1 Å². The molecule has 0 aromatic carbocycles. The Kier molecular flexibility index (Phi) is 13.5. The zero-order chi connectivity index (χ0) is 30.1. The highest BCUT2D eigenvalue weighted by Crippen LogP contribution is 2.36. The van der Waals surface area contributed by atoms with E-state index >= 15 is 0 Å². The Bertz CT molecular complexity index is 1150. The number of carbonyl (C=O) groups is 2. The van der Waals surface area contributed by atoms with E-state index in [1.54, 1.807) is 17.4 Å². The van der Waals surface area contributed by atoms with Crippen LogP contribution in [0.1, 0.15) is 57.2 Å². The van der Waals surface area contributed by atoms with Crippen LogP contribution in [0.2, 0.25) is 0 Å². The topological polar surface area (TPSA) is 141 Å². The van der Waals surface area contributed by atoms with Gasteiger partial charge in [0.2, 0.25) is 15.9 Å². The Morgan fingerprint density at radius 2 is 1.95 bits per heavy atom. The highest BCUT2D eigenvalue weighted by Gasteiger charge is 2.39. The number of ether oxygens (including phenoxy) is 1. The normalized spacial score (nSPS) is 22.7. The van der Waals surface area contributed by atoms with Crippen LogP contribution in [0, 0.1) is 17.3 Å². The van der Waals surface area contributed by atoms with E-state index in [1.165, 1.54) is 25.8 Å². The molecule has 1 amide bonds. The number of methoxy groups -OCH3 is 1. The molecule has 5 atom stereocenters. The van der Waals surface area contributed by atoms with Gasteiger partial charge in [0.15, 0.2) is 0 Å². The Labute approximate surface area is 250 Å². The molecule has 0 radical (unpaired) electrons. The Hall–Kier alpha value is -1.57. The number of aliphatic hydroxyl groups is 3. The molecule has 0 spiro atoms. The zero-order valence-electron chi connectivity index (χ0n) is 23.5. The van der Waals surface area contributed by atoms with Gasteiger partial charge in [0.25, 0.3) is 0 Å². The second kappa shape index (κ2) is 15.6. The van der Waals surface area contributed by atoms with Gasteiger partial charge in [-0.3, -0.25) is 9.59 Å². The summed E-state index contributed by atoms with van der Waals surface area (Å²) in [6.07, 6.45) is 9.23. The van der Waals surface area contributed by atoms with E-state index < -0.39 is 45.6 Å². The van der Waals surface area contributed by atoms with Gasteiger partial charge in [0.05, 0.1) is 47.4 Å². The molecule has 1 aliphatic carbocycles. The minimum absolute atomic E-state index is 0.00882. The number of hydrogen-bond donors (Lipinski definition) is 3. The highest BCUT2D eigenvalue weighted by molar-refractivity contribution is 9.11. The minimum atomic E-state index is -3.86. The molecule has 1 heterocycles. The van der Waals surface area contributed by atoms with Crippen molar-refractivity contribution in [2.75, 3.05) is 19.9 Å². The zero-order valence-corrected chi connectivity index (χ0v) is 26.8. The summed E-state index contributed by atoms with van der Waals surface area (Å²) in [7, 11) is -2.65. The number of rotatable bonds is 15. The lowest BCUT2D eigenvalue weighted by molar-refractivity contribution is -0.151. The summed E-state index contributed by atoms with van der Waals surface area (Å²) >= 11 is 5.07. The maximum atomic E-state index is 12.7. The lowest BCUT2D eigenvalue weighted by Gasteiger charge is -2.29. The molecule has 1 aliphatic rings. The number of aryl methyl sites for hydroxylation is 1. The summed E-state index contributed by atoms with van der Waals surface area (Å²) in [5, 5.41) is 31.3. The van der Waals surface area contributed by atoms with Crippen molar-refractivity contribution in [1.82, 2.24) is 4.31 Å². The minimum Gasteiger partial charge on any atom is -0.469 e. The summed E-state index contributed by atoms with van der Waals surface area (Å²) in [6, 6.07) is 4.00. The predicted molar refractivity (Wildman–Crippen MR) is 159 cm³/mol. The predicted octanol–water partition coefficient (Wildman–Crippen LogP) is 3.82. The summed E-state index contributed by atoms with van der Waals surface area (Å²) in [4.78, 5) is 25.8. The van der Waals surface area contributed by atoms with Crippen LogP contribution in [0.15, 0.2) is 40.2 Å². The average Bonchev–Trinajstić information content (AvgIpc) is 3.41. The molecule has 40 heavy (non-hydrogen) atoms. The molecule has 0 unspecified atom stereocenters. The second-order valence-corrected chi connectivity index (χ2v) is 15.4. The first kappa shape index (κ1) is 34.6. The quantitative estimate of drug-likeness (QED) is 0.146. The molecule has 9 nitrogen and oxygen atoms in total. The van der Waals surface area contributed by atoms with Crippen molar-refractivity contribution in [2.24, 2.45) is 17.3 Å². The Balaban J connectivity index is 1.85. The molecular weight excluding hydrogens is 622 g/mol. The Morgan fingerprint density at radius 1 is 1.25 bits per heavy atom. The number of thiophene rings is 1. The molecule has 0 aliphatic heterocycles. The van der Waals surface area contributed by atoms with Crippen LogP contribution in [0.5, 0.6) is 0 Å². The van der Waals surface area contributed by atoms with Crippen LogP contribution in [-0.2, 0) is 30.8 Å². The van der Waals surface area contributed by atoms with Crippen molar-refractivity contribution in [1.29, 1.82) is 0 Å². The van der Waals surface area contributed by atoms with Crippen LogP contribution >= 0.6 is 27.3 Å². The van der Waals surface area contributed by atoms with Gasteiger partial charge >= 0.3 is 5.97 Å². The lowest BCUT2D eigenvalue weighted by Crippen LogP contribution is -2.45. The van der Waals surface area contributed by atoms with E-state index in [0.29, 0.717) is 25.7 Å². The fourth-order valence-electron chi connectivity index (χ4n) is 4.79. The fourth-order valence-corrected chi connectivity index (χ4v) is 7.31. The van der Waals surface area contributed by atoms with Crippen LogP contribution in [0.3, 0.4) is 0 Å². The third kappa shape index (κ3) is 10.7. The van der Waals surface area contributed by atoms with Crippen molar-refractivity contribution < 1.29 is 38.1 Å². The van der Waals surface area contributed by atoms with E-state index in [2.05, 4.69) is 15.9 Å². The van der Waals surface area contributed by atoms with Crippen LogP contribution in [0.4, 0.5) is 0 Å². The van der Waals surface area contributed by atoms with E-state index in [-0.39, 0.29) is 31.2 Å². The third-order valence-electron chi connectivity index (χ3n) is 7.08. The summed E-state index contributed by atoms with van der Waals surface area (Å²) < 4.78 is 30.9. The number of amides is 1. The van der Waals surface area contributed by atoms with Gasteiger partial charge in [-0.2, -0.15) is 0 Å². The molecule has 3 N–H and O–H groups in total. The molecule has 1 fully saturated rings. The monoisotopic (exact) mass is 663 g/mol. The number of sulfonamides is 1. The van der Waals surface area contributed by atoms with Crippen LogP contribution in [-0.4, -0.2) is 78.1 Å². The number of nitrogens with zero attached hydrogens (tertiary/aromatic N) is 1. The van der Waals surface area contributed by atoms with Crippen molar-refractivity contribution >= 4 is 49.2 Å². The van der Waals surface area contributed by atoms with Crippen LogP contribution < -0.4 is 0 Å². The van der Waals surface area contributed by atoms with Gasteiger partial charge in [-0.15, -0.1) is 11.3 Å². The lowest BCUT2D eigenvalue weighted by atomic mass is 9.89. The molecule has 1 aromatic heterocycles. The molecule has 0 saturated heterocycles. The maximum absolute atomic E-state index is 12.7. The maximum Gasteiger partial charge on any atom is 0.313 e. The molecule has 12 heteroatoms. The van der Waals surface area contributed by atoms with E-state index in [0.717, 1.165) is 20.8 Å². The Morgan fingerprint density at radius 3 is 2.55 bits per heavy atom. The molecule has 2 rings (SSSR count). The second-order valence-electron chi connectivity index (χ2n) is 10.9. The third-order valence-corrected chi connectivity index (χ3v) is 9.90. The smallest absolute Gasteiger partial charge is 0.313 e. The first-order valence-corrected chi connectivity index (χ1v) is 16.8. The standard InChI is InChI=1S/C28H42BrNO8S2/c1-28(2,27(35)38-3)18-30(40(4,36)37)26(34)10-8-6-5-7-9-21-22(24(33)17-23(21)32)15-12-19(31)11-13-20-14-16-25(29)39-20/h5,7,12,14-16,19,21-24,31-33H,6,8-11,13,17-18H2,1-4H3/b7-5+,15-12+/t19-,21+,22+,23-,24+/m0/s1. The largest absolute Gasteiger partial charge is 0.469 e. The van der Waals surface area contributed by atoms with Crippen LogP contribution in [0.25, 0.3) is 0 Å². The number of carbonyl (C=O) groups excluding carboxylic acids is 2. The first-order valence-electron chi connectivity index (χ1n) is 13.4. The number of halogens is 1. The number of unbranched alkanes of at least 4 members (excludes halogenated alkanes) is 1. The molecule has 226 valence electrons. The number of allylic oxidation sites excluding steroid dienone is 2. The molecule has 1 saturated carbocycles. The highest BCUT2D eigenvalue weighted by atomic mass is 79.9. The van der Waals surface area contributed by atoms with E-state index in [9.17, 15) is 33.3 Å². The van der Waals surface area contributed by atoms with Crippen molar-refractivity contribution in [3.05, 3.63) is 45.1 Å². The van der Waals surface area contributed by atoms with Gasteiger partial charge in [-0.1, -0.05) is 24.3 Å². The van der Waals surface area contributed by atoms with Gasteiger partial charge in [0, 0.05) is 23.6 Å². The molecule has 1 aromatic rings. The summed E-state index contributed by atoms with van der Waals surface area (Å²) in [5.74, 6) is -1.68. The van der Waals surface area contributed by atoms with Gasteiger partial charge in [0.1, 0.15) is 0 Å². The SMILES string of the molecule is COC(=O)C(C)(C)CN(C(=O)CCC/C=C/C[C@@H]1[C@@H](/C=C/[C@@H](O)CCc2ccc(Br)s2)[C@H](O)C[C@@H]1O)S(C)(=O)=O. The number of hydrogen-bond acceptors (Lipinski definition) is 9. The summed E-state index contributed by atoms with van der Waals surface area (Å²) in [6.45, 7) is 2.74. The fraction of sp³-hybridized carbons (Fsp3) is 0.643. The summed E-state index contributed by atoms with van der Waals surface area (Å²) in [5.41, 5.74) is -1.18. The van der Waals surface area contributed by atoms with E-state index in [4.69, 9.17) is 4.74 Å². The molecule has 0 bridgehead atoms. The first-order chi connectivity index (χ1) is 18.7.